The lowest BCUT2D eigenvalue weighted by atomic mass is 10.0. The van der Waals surface area contributed by atoms with E-state index in [2.05, 4.69) is 6.07 Å². The molecule has 3 heterocycles. The minimum Gasteiger partial charge on any atom is -0.395 e. The number of halogens is 1. The molecule has 1 aromatic carbocycles. The lowest BCUT2D eigenvalue weighted by Gasteiger charge is -2.28. The van der Waals surface area contributed by atoms with Crippen LogP contribution in [0.3, 0.4) is 0 Å². The quantitative estimate of drug-likeness (QED) is 0.543. The van der Waals surface area contributed by atoms with Crippen molar-refractivity contribution in [3.05, 3.63) is 78.9 Å². The van der Waals surface area contributed by atoms with Crippen molar-refractivity contribution in [2.45, 2.75) is 43.4 Å². The van der Waals surface area contributed by atoms with Gasteiger partial charge in [0, 0.05) is 56.5 Å². The molecule has 1 N–H and O–H groups in total. The van der Waals surface area contributed by atoms with E-state index in [1.807, 2.05) is 55.0 Å². The van der Waals surface area contributed by atoms with Gasteiger partial charge >= 0.3 is 0 Å². The second-order valence-electron chi connectivity index (χ2n) is 8.06. The fourth-order valence-corrected chi connectivity index (χ4v) is 6.64. The number of carbonyl (C=O) groups excluding carboxylic acids is 1. The largest absolute Gasteiger partial charge is 0.395 e. The summed E-state index contributed by atoms with van der Waals surface area (Å²) in [4.78, 5) is 30.6. The first kappa shape index (κ1) is 23.1. The normalized spacial score (nSPS) is 15.2. The van der Waals surface area contributed by atoms with Gasteiger partial charge in [0.2, 0.25) is 0 Å². The van der Waals surface area contributed by atoms with Crippen LogP contribution in [0.25, 0.3) is 5.69 Å². The summed E-state index contributed by atoms with van der Waals surface area (Å²) in [6.45, 7) is 5.69. The predicted octanol–water partition coefficient (Wildman–Crippen LogP) is 5.09. The van der Waals surface area contributed by atoms with E-state index in [1.54, 1.807) is 28.0 Å². The van der Waals surface area contributed by atoms with Crippen LogP contribution in [-0.2, 0) is 6.42 Å². The highest BCUT2D eigenvalue weighted by atomic mass is 35.5. The number of hydrogen-bond donors (Lipinski definition) is 1. The Hall–Kier alpha value is -2.06. The summed E-state index contributed by atoms with van der Waals surface area (Å²) in [5, 5.41) is 12.2. The first-order valence-electron chi connectivity index (χ1n) is 10.5. The first-order chi connectivity index (χ1) is 15.3. The third-order valence-corrected chi connectivity index (χ3v) is 8.26. The molecule has 5 nitrogen and oxygen atoms in total. The van der Waals surface area contributed by atoms with Gasteiger partial charge in [0.25, 0.3) is 5.91 Å². The third-order valence-electron chi connectivity index (χ3n) is 5.61. The highest BCUT2D eigenvalue weighted by molar-refractivity contribution is 7.99. The molecular formula is C24H25ClN2O3S2. The topological polar surface area (TPSA) is 62.5 Å². The van der Waals surface area contributed by atoms with Crippen molar-refractivity contribution in [1.29, 1.82) is 0 Å². The van der Waals surface area contributed by atoms with Crippen molar-refractivity contribution in [2.24, 2.45) is 0 Å². The number of rotatable bonds is 5. The van der Waals surface area contributed by atoms with E-state index in [-0.39, 0.29) is 41.3 Å². The molecule has 1 unspecified atom stereocenters. The number of carbonyl (C=O) groups is 1. The summed E-state index contributed by atoms with van der Waals surface area (Å²) >= 11 is 9.70. The van der Waals surface area contributed by atoms with E-state index in [0.29, 0.717) is 17.1 Å². The van der Waals surface area contributed by atoms with Gasteiger partial charge < -0.3 is 14.6 Å². The van der Waals surface area contributed by atoms with Crippen LogP contribution in [0.4, 0.5) is 0 Å². The lowest BCUT2D eigenvalue weighted by Crippen LogP contribution is -2.42. The number of aliphatic hydroxyl groups excluding tert-OH is 1. The number of thioether (sulfide) groups is 1. The van der Waals surface area contributed by atoms with Gasteiger partial charge in [-0.2, -0.15) is 0 Å². The van der Waals surface area contributed by atoms with Gasteiger partial charge in [-0.1, -0.05) is 17.7 Å². The number of pyridine rings is 1. The van der Waals surface area contributed by atoms with Gasteiger partial charge in [-0.05, 0) is 50.4 Å². The Morgan fingerprint density at radius 1 is 1.31 bits per heavy atom. The minimum absolute atomic E-state index is 0.0408. The molecule has 32 heavy (non-hydrogen) atoms. The van der Waals surface area contributed by atoms with Gasteiger partial charge in [0.05, 0.1) is 12.3 Å². The van der Waals surface area contributed by atoms with Crippen LogP contribution in [0.5, 0.6) is 0 Å². The number of benzene rings is 1. The maximum atomic E-state index is 13.6. The number of aryl methyl sites for hydroxylation is 1. The molecule has 0 spiro atoms. The molecule has 0 aliphatic carbocycles. The molecule has 2 aromatic heterocycles. The second kappa shape index (κ2) is 9.43. The SMILES string of the molecule is Cc1cc(=O)c(C(=O)N(CCO)C(C)C)c2n1-c1ccc(Cl)cc1SC(c1cccs1)C2. The van der Waals surface area contributed by atoms with Crippen molar-refractivity contribution in [3.8, 4) is 5.69 Å². The van der Waals surface area contributed by atoms with Crippen LogP contribution < -0.4 is 5.43 Å². The second-order valence-corrected chi connectivity index (χ2v) is 10.7. The zero-order valence-corrected chi connectivity index (χ0v) is 20.6. The summed E-state index contributed by atoms with van der Waals surface area (Å²) in [7, 11) is 0. The molecule has 3 aromatic rings. The zero-order chi connectivity index (χ0) is 23.0. The molecule has 8 heteroatoms. The van der Waals surface area contributed by atoms with E-state index in [9.17, 15) is 14.7 Å². The Balaban J connectivity index is 1.99. The van der Waals surface area contributed by atoms with E-state index >= 15 is 0 Å². The van der Waals surface area contributed by atoms with Crippen LogP contribution in [0.15, 0.2) is 51.5 Å². The summed E-state index contributed by atoms with van der Waals surface area (Å²) < 4.78 is 2.03. The van der Waals surface area contributed by atoms with Crippen molar-refractivity contribution in [2.75, 3.05) is 13.2 Å². The number of thiophene rings is 1. The van der Waals surface area contributed by atoms with Gasteiger partial charge in [-0.15, -0.1) is 23.1 Å². The van der Waals surface area contributed by atoms with Crippen LogP contribution in [0.2, 0.25) is 5.02 Å². The summed E-state index contributed by atoms with van der Waals surface area (Å²) in [6.07, 6.45) is 0.528. The molecule has 0 radical (unpaired) electrons. The summed E-state index contributed by atoms with van der Waals surface area (Å²) in [5.74, 6) is -0.338. The number of amides is 1. The maximum Gasteiger partial charge on any atom is 0.259 e. The van der Waals surface area contributed by atoms with E-state index < -0.39 is 0 Å². The Labute approximate surface area is 200 Å². The molecule has 4 rings (SSSR count). The molecule has 0 fully saturated rings. The number of fused-ring (bicyclic) bond motifs is 3. The predicted molar refractivity (Wildman–Crippen MR) is 132 cm³/mol. The van der Waals surface area contributed by atoms with E-state index in [1.165, 1.54) is 10.9 Å². The molecule has 168 valence electrons. The maximum absolute atomic E-state index is 13.6. The monoisotopic (exact) mass is 488 g/mol. The number of aromatic nitrogens is 1. The average Bonchev–Trinajstić information content (AvgIpc) is 3.21. The van der Waals surface area contributed by atoms with E-state index in [0.717, 1.165) is 16.3 Å². The Morgan fingerprint density at radius 2 is 2.09 bits per heavy atom. The van der Waals surface area contributed by atoms with Gasteiger partial charge in [0.1, 0.15) is 5.56 Å². The molecule has 1 aliphatic rings. The molecule has 0 bridgehead atoms. The molecule has 1 atom stereocenters. The molecule has 0 saturated carbocycles. The van der Waals surface area contributed by atoms with E-state index in [4.69, 9.17) is 11.6 Å². The molecular weight excluding hydrogens is 464 g/mol. The van der Waals surface area contributed by atoms with Crippen LogP contribution in [-0.4, -0.2) is 39.7 Å². The van der Waals surface area contributed by atoms with Crippen molar-refractivity contribution in [3.63, 3.8) is 0 Å². The third kappa shape index (κ3) is 4.27. The molecule has 1 amide bonds. The number of aliphatic hydroxyl groups is 1. The fraction of sp³-hybridized carbons (Fsp3) is 0.333. The minimum atomic E-state index is -0.338. The zero-order valence-electron chi connectivity index (χ0n) is 18.2. The van der Waals surface area contributed by atoms with Crippen molar-refractivity contribution in [1.82, 2.24) is 9.47 Å². The fourth-order valence-electron chi connectivity index (χ4n) is 4.17. The smallest absolute Gasteiger partial charge is 0.259 e. The van der Waals surface area contributed by atoms with Crippen molar-refractivity contribution >= 4 is 40.6 Å². The summed E-state index contributed by atoms with van der Waals surface area (Å²) in [6, 6.07) is 11.2. The van der Waals surface area contributed by atoms with Crippen molar-refractivity contribution < 1.29 is 9.90 Å². The number of nitrogens with zero attached hydrogens (tertiary/aromatic N) is 2. The standard InChI is InChI=1S/C24H25ClN2O3S2/c1-14(2)26(8-9-28)24(30)23-18-13-22(20-5-4-10-31-20)32-21-12-16(25)6-7-17(21)27(18)15(3)11-19(23)29/h4-7,10-12,14,22,28H,8-9,13H2,1-3H3. The Kier molecular flexibility index (Phi) is 6.81. The lowest BCUT2D eigenvalue weighted by molar-refractivity contribution is 0.0662. The van der Waals surface area contributed by atoms with Gasteiger partial charge in [-0.25, -0.2) is 0 Å². The van der Waals surface area contributed by atoms with Gasteiger partial charge in [0.15, 0.2) is 5.43 Å². The van der Waals surface area contributed by atoms with Crippen LogP contribution in [0, 0.1) is 6.92 Å². The number of hydrogen-bond acceptors (Lipinski definition) is 5. The average molecular weight is 489 g/mol. The van der Waals surface area contributed by atoms with Crippen LogP contribution >= 0.6 is 34.7 Å². The first-order valence-corrected chi connectivity index (χ1v) is 12.6. The Bertz CT molecular complexity index is 1200. The highest BCUT2D eigenvalue weighted by Gasteiger charge is 2.32. The highest BCUT2D eigenvalue weighted by Crippen LogP contribution is 2.46. The Morgan fingerprint density at radius 3 is 2.75 bits per heavy atom. The van der Waals surface area contributed by atoms with Gasteiger partial charge in [-0.3, -0.25) is 9.59 Å². The molecule has 1 aliphatic heterocycles. The molecule has 0 saturated heterocycles. The summed E-state index contributed by atoms with van der Waals surface area (Å²) in [5.41, 5.74) is 2.29. The van der Waals surface area contributed by atoms with Crippen LogP contribution in [0.1, 0.15) is 45.7 Å².